The third kappa shape index (κ3) is 12.9. The lowest BCUT2D eigenvalue weighted by molar-refractivity contribution is -0.142. The Morgan fingerprint density at radius 2 is 1.48 bits per heavy atom. The Hall–Kier alpha value is -2.96. The van der Waals surface area contributed by atoms with E-state index in [1.807, 2.05) is 37.3 Å². The summed E-state index contributed by atoms with van der Waals surface area (Å²) in [7, 11) is 3.23. The van der Waals surface area contributed by atoms with Crippen LogP contribution in [0.1, 0.15) is 116 Å². The van der Waals surface area contributed by atoms with E-state index < -0.39 is 0 Å². The van der Waals surface area contributed by atoms with Gasteiger partial charge in [0.2, 0.25) is 11.8 Å². The number of hydrogen-bond acceptors (Lipinski definition) is 5. The van der Waals surface area contributed by atoms with Gasteiger partial charge in [0.05, 0.1) is 27.0 Å². The molecule has 2 aromatic rings. The molecule has 0 N–H and O–H groups in total. The van der Waals surface area contributed by atoms with Crippen LogP contribution in [-0.2, 0) is 22.6 Å². The number of ether oxygens (including phenoxy) is 2. The highest BCUT2D eigenvalue weighted by Crippen LogP contribution is 2.28. The smallest absolute Gasteiger partial charge is 0.242 e. The fourth-order valence-corrected chi connectivity index (χ4v) is 5.22. The van der Waals surface area contributed by atoms with Crippen LogP contribution < -0.4 is 9.47 Å². The second-order valence-electron chi connectivity index (χ2n) is 11.4. The predicted octanol–water partition coefficient (Wildman–Crippen LogP) is 8.20. The SMILES string of the molecule is CCCCCCCCCCCCCC(=O)N(CC(=O)N(CCc1ccc(OC)c(OC)c1)Cc1ccco1)C(C)CC. The molecule has 7 nitrogen and oxygen atoms in total. The zero-order chi connectivity index (χ0) is 30.6. The fourth-order valence-electron chi connectivity index (χ4n) is 5.22. The minimum atomic E-state index is -0.0699. The average molecular weight is 585 g/mol. The number of amides is 2. The average Bonchev–Trinajstić information content (AvgIpc) is 3.53. The lowest BCUT2D eigenvalue weighted by Crippen LogP contribution is -2.46. The molecule has 0 radical (unpaired) electrons. The summed E-state index contributed by atoms with van der Waals surface area (Å²) in [6.45, 7) is 7.29. The molecule has 0 aliphatic heterocycles. The van der Waals surface area contributed by atoms with Crippen LogP contribution in [-0.4, -0.2) is 55.0 Å². The van der Waals surface area contributed by atoms with Gasteiger partial charge in [0.1, 0.15) is 12.3 Å². The van der Waals surface area contributed by atoms with Gasteiger partial charge in [0.25, 0.3) is 0 Å². The van der Waals surface area contributed by atoms with Crippen molar-refractivity contribution in [3.05, 3.63) is 47.9 Å². The molecule has 7 heteroatoms. The molecule has 0 fully saturated rings. The summed E-state index contributed by atoms with van der Waals surface area (Å²) >= 11 is 0. The molecule has 0 spiro atoms. The van der Waals surface area contributed by atoms with Gasteiger partial charge < -0.3 is 23.7 Å². The van der Waals surface area contributed by atoms with E-state index in [1.54, 1.807) is 30.3 Å². The second-order valence-corrected chi connectivity index (χ2v) is 11.4. The van der Waals surface area contributed by atoms with Gasteiger partial charge in [0.15, 0.2) is 11.5 Å². The van der Waals surface area contributed by atoms with Gasteiger partial charge >= 0.3 is 0 Å². The van der Waals surface area contributed by atoms with Crippen molar-refractivity contribution < 1.29 is 23.5 Å². The van der Waals surface area contributed by atoms with Gasteiger partial charge in [-0.05, 0) is 56.0 Å². The van der Waals surface area contributed by atoms with Crippen LogP contribution in [0, 0.1) is 0 Å². The van der Waals surface area contributed by atoms with E-state index in [2.05, 4.69) is 13.8 Å². The van der Waals surface area contributed by atoms with E-state index in [4.69, 9.17) is 13.9 Å². The summed E-state index contributed by atoms with van der Waals surface area (Å²) in [4.78, 5) is 30.5. The molecule has 1 aromatic heterocycles. The Kier molecular flexibility index (Phi) is 17.5. The maximum absolute atomic E-state index is 13.7. The normalized spacial score (nSPS) is 11.7. The van der Waals surface area contributed by atoms with E-state index in [9.17, 15) is 9.59 Å². The van der Waals surface area contributed by atoms with E-state index >= 15 is 0 Å². The minimum absolute atomic E-state index is 0.00507. The molecule has 236 valence electrons. The molecule has 42 heavy (non-hydrogen) atoms. The molecule has 0 saturated carbocycles. The molecule has 0 bridgehead atoms. The van der Waals surface area contributed by atoms with Crippen LogP contribution in [0.2, 0.25) is 0 Å². The first kappa shape index (κ1) is 35.2. The number of furan rings is 1. The summed E-state index contributed by atoms with van der Waals surface area (Å²) in [5.41, 5.74) is 1.04. The third-order valence-electron chi connectivity index (χ3n) is 8.14. The minimum Gasteiger partial charge on any atom is -0.493 e. The van der Waals surface area contributed by atoms with Crippen LogP contribution in [0.25, 0.3) is 0 Å². The molecule has 1 atom stereocenters. The van der Waals surface area contributed by atoms with E-state index in [0.717, 1.165) is 30.6 Å². The molecule has 2 amide bonds. The van der Waals surface area contributed by atoms with Crippen molar-refractivity contribution in [1.82, 2.24) is 9.80 Å². The molecule has 0 aliphatic rings. The summed E-state index contributed by atoms with van der Waals surface area (Å²) in [6, 6.07) is 9.52. The molecular weight excluding hydrogens is 528 g/mol. The van der Waals surface area contributed by atoms with Crippen molar-refractivity contribution in [3.8, 4) is 11.5 Å². The summed E-state index contributed by atoms with van der Waals surface area (Å²) < 4.78 is 16.4. The monoisotopic (exact) mass is 584 g/mol. The topological polar surface area (TPSA) is 72.2 Å². The maximum atomic E-state index is 13.7. The first-order valence-electron chi connectivity index (χ1n) is 16.2. The number of carbonyl (C=O) groups excluding carboxylic acids is 2. The summed E-state index contributed by atoms with van der Waals surface area (Å²) in [5, 5.41) is 0. The Balaban J connectivity index is 1.91. The maximum Gasteiger partial charge on any atom is 0.242 e. The second kappa shape index (κ2) is 20.8. The van der Waals surface area contributed by atoms with Crippen molar-refractivity contribution in [2.45, 2.75) is 123 Å². The first-order chi connectivity index (χ1) is 20.4. The van der Waals surface area contributed by atoms with Crippen molar-refractivity contribution in [3.63, 3.8) is 0 Å². The molecule has 2 rings (SSSR count). The predicted molar refractivity (Wildman–Crippen MR) is 170 cm³/mol. The summed E-state index contributed by atoms with van der Waals surface area (Å²) in [5.74, 6) is 2.06. The number of rotatable bonds is 23. The quantitative estimate of drug-likeness (QED) is 0.123. The number of carbonyl (C=O) groups is 2. The number of benzene rings is 1. The fraction of sp³-hybridized carbons (Fsp3) is 0.657. The highest BCUT2D eigenvalue weighted by Gasteiger charge is 2.25. The van der Waals surface area contributed by atoms with Gasteiger partial charge in [-0.1, -0.05) is 84.1 Å². The lowest BCUT2D eigenvalue weighted by atomic mass is 10.0. The van der Waals surface area contributed by atoms with Gasteiger partial charge in [0, 0.05) is 19.0 Å². The van der Waals surface area contributed by atoms with Crippen molar-refractivity contribution >= 4 is 11.8 Å². The van der Waals surface area contributed by atoms with Crippen LogP contribution in [0.15, 0.2) is 41.0 Å². The Morgan fingerprint density at radius 3 is 2.05 bits per heavy atom. The molecule has 1 unspecified atom stereocenters. The Morgan fingerprint density at radius 1 is 0.833 bits per heavy atom. The standard InChI is InChI=1S/C35H56N2O5/c1-6-8-9-10-11-12-13-14-15-16-17-20-34(38)37(29(3)7-2)28-35(39)36(27-31-19-18-25-42-31)24-23-30-21-22-32(40-4)33(26-30)41-5/h18-19,21-22,25-26,29H,6-17,20,23-24,27-28H2,1-5H3. The zero-order valence-corrected chi connectivity index (χ0v) is 27.0. The molecule has 0 saturated heterocycles. The van der Waals surface area contributed by atoms with Gasteiger partial charge in [-0.15, -0.1) is 0 Å². The van der Waals surface area contributed by atoms with Gasteiger partial charge in [-0.3, -0.25) is 9.59 Å². The van der Waals surface area contributed by atoms with Crippen molar-refractivity contribution in [1.29, 1.82) is 0 Å². The summed E-state index contributed by atoms with van der Waals surface area (Å²) in [6.07, 6.45) is 17.3. The van der Waals surface area contributed by atoms with E-state index in [0.29, 0.717) is 37.4 Å². The van der Waals surface area contributed by atoms with Crippen LogP contribution >= 0.6 is 0 Å². The van der Waals surface area contributed by atoms with Gasteiger partial charge in [-0.2, -0.15) is 0 Å². The first-order valence-corrected chi connectivity index (χ1v) is 16.2. The molecule has 1 aromatic carbocycles. The van der Waals surface area contributed by atoms with Crippen molar-refractivity contribution in [2.75, 3.05) is 27.3 Å². The van der Waals surface area contributed by atoms with E-state index in [-0.39, 0.29) is 24.4 Å². The molecule has 1 heterocycles. The van der Waals surface area contributed by atoms with E-state index in [1.165, 1.54) is 57.8 Å². The highest BCUT2D eigenvalue weighted by molar-refractivity contribution is 5.85. The highest BCUT2D eigenvalue weighted by atomic mass is 16.5. The number of methoxy groups -OCH3 is 2. The Labute approximate surface area is 254 Å². The number of hydrogen-bond donors (Lipinski definition) is 0. The third-order valence-corrected chi connectivity index (χ3v) is 8.14. The number of unbranched alkanes of at least 4 members (excludes halogenated alkanes) is 10. The molecular formula is C35H56N2O5. The molecule has 0 aliphatic carbocycles. The van der Waals surface area contributed by atoms with Crippen LogP contribution in [0.5, 0.6) is 11.5 Å². The zero-order valence-electron chi connectivity index (χ0n) is 27.0. The Bertz CT molecular complexity index is 1010. The van der Waals surface area contributed by atoms with Crippen LogP contribution in [0.4, 0.5) is 0 Å². The lowest BCUT2D eigenvalue weighted by Gasteiger charge is -2.31. The largest absolute Gasteiger partial charge is 0.493 e. The number of nitrogens with zero attached hydrogens (tertiary/aromatic N) is 2. The van der Waals surface area contributed by atoms with Gasteiger partial charge in [-0.25, -0.2) is 0 Å². The van der Waals surface area contributed by atoms with Crippen LogP contribution in [0.3, 0.4) is 0 Å². The van der Waals surface area contributed by atoms with Crippen molar-refractivity contribution in [2.24, 2.45) is 0 Å².